The molecule has 0 unspecified atom stereocenters. The Morgan fingerprint density at radius 1 is 1.32 bits per heavy atom. The number of anilines is 1. The van der Waals surface area contributed by atoms with Gasteiger partial charge >= 0.3 is 0 Å². The van der Waals surface area contributed by atoms with Crippen molar-refractivity contribution in [2.75, 3.05) is 5.43 Å². The average molecular weight is 349 g/mol. The number of hydrazone groups is 1. The highest BCUT2D eigenvalue weighted by Gasteiger charge is 2.14. The number of carbonyl (C=O) groups excluding carboxylic acids is 1. The third-order valence-electron chi connectivity index (χ3n) is 3.03. The van der Waals surface area contributed by atoms with Gasteiger partial charge in [0.25, 0.3) is 0 Å². The van der Waals surface area contributed by atoms with E-state index in [1.807, 2.05) is 0 Å². The summed E-state index contributed by atoms with van der Waals surface area (Å²) in [5, 5.41) is 21.3. The molecule has 9 heteroatoms. The van der Waals surface area contributed by atoms with E-state index in [9.17, 15) is 4.79 Å². The summed E-state index contributed by atoms with van der Waals surface area (Å²) >= 11 is 1.30. The van der Waals surface area contributed by atoms with Gasteiger partial charge in [-0.1, -0.05) is 18.2 Å². The van der Waals surface area contributed by atoms with E-state index in [1.165, 1.54) is 23.9 Å². The van der Waals surface area contributed by atoms with Gasteiger partial charge in [0, 0.05) is 0 Å². The number of nitrogens with one attached hydrogen (secondary N) is 2. The van der Waals surface area contributed by atoms with Crippen molar-refractivity contribution in [3.63, 3.8) is 0 Å². The Hall–Kier alpha value is -3.64. The third-order valence-corrected chi connectivity index (χ3v) is 3.90. The predicted molar refractivity (Wildman–Crippen MR) is 95.4 cm³/mol. The van der Waals surface area contributed by atoms with Crippen LogP contribution in [-0.2, 0) is 0 Å². The van der Waals surface area contributed by atoms with Crippen molar-refractivity contribution in [2.24, 2.45) is 10.1 Å². The number of aromatic amines is 1. The summed E-state index contributed by atoms with van der Waals surface area (Å²) in [4.78, 5) is 21.0. The van der Waals surface area contributed by atoms with E-state index < -0.39 is 0 Å². The van der Waals surface area contributed by atoms with Gasteiger partial charge in [0.15, 0.2) is 5.71 Å². The molecule has 0 aliphatic rings. The van der Waals surface area contributed by atoms with E-state index in [0.29, 0.717) is 16.1 Å². The SMILES string of the molecule is N#Cc1ccccc1N/N=C(/C=N/c1ncn[nH]1)C(=O)c1cccs1. The highest BCUT2D eigenvalue weighted by molar-refractivity contribution is 7.13. The standard InChI is InChI=1S/C16H11N7OS/c17-8-11-4-1-2-5-12(11)21-22-13(9-18-16-19-10-20-23-16)15(24)14-6-3-7-25-14/h1-7,9-10,21H,(H,19,20,23)/b18-9+,22-13-. The summed E-state index contributed by atoms with van der Waals surface area (Å²) in [6.07, 6.45) is 2.61. The van der Waals surface area contributed by atoms with Gasteiger partial charge in [-0.05, 0) is 23.6 Å². The molecule has 0 radical (unpaired) electrons. The number of ketones is 1. The van der Waals surface area contributed by atoms with Gasteiger partial charge in [-0.25, -0.2) is 10.1 Å². The van der Waals surface area contributed by atoms with E-state index in [1.54, 1.807) is 41.8 Å². The first-order valence-corrected chi connectivity index (χ1v) is 7.96. The monoisotopic (exact) mass is 349 g/mol. The number of nitrogens with zero attached hydrogens (tertiary/aromatic N) is 5. The molecule has 25 heavy (non-hydrogen) atoms. The van der Waals surface area contributed by atoms with Crippen molar-refractivity contribution in [3.8, 4) is 6.07 Å². The van der Waals surface area contributed by atoms with E-state index in [4.69, 9.17) is 5.26 Å². The number of hydrogen-bond donors (Lipinski definition) is 2. The lowest BCUT2D eigenvalue weighted by molar-refractivity contribution is 0.107. The second-order valence-corrected chi connectivity index (χ2v) is 5.59. The molecule has 0 atom stereocenters. The smallest absolute Gasteiger partial charge is 0.245 e. The van der Waals surface area contributed by atoms with E-state index >= 15 is 0 Å². The molecule has 0 saturated heterocycles. The molecule has 2 N–H and O–H groups in total. The number of benzene rings is 1. The van der Waals surface area contributed by atoms with Crippen LogP contribution in [0.4, 0.5) is 11.6 Å². The van der Waals surface area contributed by atoms with Crippen LogP contribution in [0.5, 0.6) is 0 Å². The predicted octanol–water partition coefficient (Wildman–Crippen LogP) is 2.79. The Balaban J connectivity index is 1.90. The highest BCUT2D eigenvalue weighted by atomic mass is 32.1. The minimum absolute atomic E-state index is 0.0755. The quantitative estimate of drug-likeness (QED) is 0.403. The molecule has 2 heterocycles. The first-order valence-electron chi connectivity index (χ1n) is 7.08. The zero-order chi connectivity index (χ0) is 17.5. The van der Waals surface area contributed by atoms with Crippen LogP contribution in [0.15, 0.2) is 58.2 Å². The first-order chi connectivity index (χ1) is 12.3. The summed E-state index contributed by atoms with van der Waals surface area (Å²) in [6, 6.07) is 12.4. The van der Waals surface area contributed by atoms with Gasteiger partial charge < -0.3 is 0 Å². The van der Waals surface area contributed by atoms with Crippen LogP contribution < -0.4 is 5.43 Å². The highest BCUT2D eigenvalue weighted by Crippen LogP contribution is 2.14. The van der Waals surface area contributed by atoms with Crippen LogP contribution in [-0.4, -0.2) is 32.9 Å². The van der Waals surface area contributed by atoms with Crippen molar-refractivity contribution in [3.05, 3.63) is 58.5 Å². The van der Waals surface area contributed by atoms with E-state index in [-0.39, 0.29) is 17.4 Å². The van der Waals surface area contributed by atoms with Crippen LogP contribution in [0, 0.1) is 11.3 Å². The zero-order valence-corrected chi connectivity index (χ0v) is 13.6. The summed E-state index contributed by atoms with van der Waals surface area (Å²) in [5.41, 5.74) is 3.74. The number of para-hydroxylation sites is 1. The van der Waals surface area contributed by atoms with Gasteiger partial charge in [-0.3, -0.25) is 10.2 Å². The Morgan fingerprint density at radius 3 is 2.92 bits per heavy atom. The molecular formula is C16H11N7OS. The lowest BCUT2D eigenvalue weighted by Crippen LogP contribution is -2.16. The number of nitriles is 1. The number of carbonyl (C=O) groups is 1. The summed E-state index contributed by atoms with van der Waals surface area (Å²) < 4.78 is 0. The lowest BCUT2D eigenvalue weighted by atomic mass is 10.2. The Kier molecular flexibility index (Phi) is 5.04. The Labute approximate surface area is 146 Å². The van der Waals surface area contributed by atoms with Gasteiger partial charge in [0.05, 0.1) is 22.3 Å². The van der Waals surface area contributed by atoms with Crippen LogP contribution in [0.2, 0.25) is 0 Å². The molecule has 122 valence electrons. The van der Waals surface area contributed by atoms with Crippen LogP contribution in [0.1, 0.15) is 15.2 Å². The second kappa shape index (κ2) is 7.76. The number of thiophene rings is 1. The molecule has 0 saturated carbocycles. The number of rotatable bonds is 6. The molecule has 0 spiro atoms. The summed E-state index contributed by atoms with van der Waals surface area (Å²) in [5.74, 6) is -0.0377. The van der Waals surface area contributed by atoms with Crippen molar-refractivity contribution < 1.29 is 4.79 Å². The fourth-order valence-corrected chi connectivity index (χ4v) is 2.53. The van der Waals surface area contributed by atoms with Gasteiger partial charge in [0.1, 0.15) is 12.4 Å². The van der Waals surface area contributed by atoms with Gasteiger partial charge in [0.2, 0.25) is 11.7 Å². The molecule has 8 nitrogen and oxygen atoms in total. The number of aliphatic imine (C=N–C) groups is 1. The minimum atomic E-state index is -0.291. The third kappa shape index (κ3) is 4.01. The molecule has 1 aromatic carbocycles. The van der Waals surface area contributed by atoms with E-state index in [0.717, 1.165) is 0 Å². The number of H-pyrrole nitrogens is 1. The lowest BCUT2D eigenvalue weighted by Gasteiger charge is -2.04. The van der Waals surface area contributed by atoms with Crippen molar-refractivity contribution >= 4 is 40.7 Å². The maximum atomic E-state index is 12.6. The van der Waals surface area contributed by atoms with Crippen molar-refractivity contribution in [2.45, 2.75) is 0 Å². The molecule has 2 aromatic heterocycles. The molecular weight excluding hydrogens is 338 g/mol. The summed E-state index contributed by atoms with van der Waals surface area (Å²) in [6.45, 7) is 0. The molecule has 0 aliphatic heterocycles. The van der Waals surface area contributed by atoms with Crippen LogP contribution in [0.3, 0.4) is 0 Å². The molecule has 3 aromatic rings. The fraction of sp³-hybridized carbons (Fsp3) is 0. The largest absolute Gasteiger partial charge is 0.286 e. The molecule has 0 bridgehead atoms. The Bertz CT molecular complexity index is 953. The Morgan fingerprint density at radius 2 is 2.20 bits per heavy atom. The zero-order valence-electron chi connectivity index (χ0n) is 12.7. The molecule has 0 fully saturated rings. The topological polar surface area (TPSA) is 119 Å². The fourth-order valence-electron chi connectivity index (χ4n) is 1.85. The average Bonchev–Trinajstić information content (AvgIpc) is 3.35. The normalized spacial score (nSPS) is 11.4. The summed E-state index contributed by atoms with van der Waals surface area (Å²) in [7, 11) is 0. The van der Waals surface area contributed by atoms with Crippen molar-refractivity contribution in [1.82, 2.24) is 15.2 Å². The maximum Gasteiger partial charge on any atom is 0.245 e. The van der Waals surface area contributed by atoms with Crippen molar-refractivity contribution in [1.29, 1.82) is 5.26 Å². The second-order valence-electron chi connectivity index (χ2n) is 4.64. The number of aromatic nitrogens is 3. The molecule has 0 amide bonds. The van der Waals surface area contributed by atoms with Crippen LogP contribution in [0.25, 0.3) is 0 Å². The van der Waals surface area contributed by atoms with Gasteiger partial charge in [-0.15, -0.1) is 11.3 Å². The number of Topliss-reactive ketones (excluding diaryl/α,β-unsaturated/α-hetero) is 1. The van der Waals surface area contributed by atoms with Crippen LogP contribution >= 0.6 is 11.3 Å². The van der Waals surface area contributed by atoms with E-state index in [2.05, 4.69) is 36.8 Å². The van der Waals surface area contributed by atoms with Gasteiger partial charge in [-0.2, -0.15) is 20.4 Å². The number of hydrogen-bond acceptors (Lipinski definition) is 8. The first kappa shape index (κ1) is 16.2. The minimum Gasteiger partial charge on any atom is -0.286 e. The molecule has 0 aliphatic carbocycles. The molecule has 3 rings (SSSR count). The maximum absolute atomic E-state index is 12.6.